The predicted octanol–water partition coefficient (Wildman–Crippen LogP) is 6.31. The molecule has 1 heterocycles. The molecule has 0 radical (unpaired) electrons. The van der Waals surface area contributed by atoms with Crippen LogP contribution in [0.4, 0.5) is 0 Å². The van der Waals surface area contributed by atoms with E-state index >= 15 is 0 Å². The third-order valence-electron chi connectivity index (χ3n) is 5.65. The maximum Gasteiger partial charge on any atom is 0.116 e. The van der Waals surface area contributed by atoms with Crippen molar-refractivity contribution in [1.29, 1.82) is 0 Å². The second-order valence-electron chi connectivity index (χ2n) is 7.50. The van der Waals surface area contributed by atoms with Gasteiger partial charge < -0.3 is 5.11 Å². The summed E-state index contributed by atoms with van der Waals surface area (Å²) in [6.07, 6.45) is 3.33. The Kier molecular flexibility index (Phi) is 4.53. The van der Waals surface area contributed by atoms with Gasteiger partial charge in [-0.3, -0.25) is 0 Å². The molecule has 27 heavy (non-hydrogen) atoms. The number of fused-ring (bicyclic) bond motifs is 5. The largest absolute Gasteiger partial charge is 0.508 e. The molecule has 0 bridgehead atoms. The molecule has 3 aromatic carbocycles. The fraction of sp³-hybridized carbons (Fsp3) is 0.208. The number of pyridine rings is 1. The van der Waals surface area contributed by atoms with Crippen molar-refractivity contribution in [3.63, 3.8) is 0 Å². The van der Waals surface area contributed by atoms with Gasteiger partial charge in [0.1, 0.15) is 5.75 Å². The van der Waals surface area contributed by atoms with E-state index in [1.807, 2.05) is 18.2 Å². The topological polar surface area (TPSA) is 33.1 Å². The first-order valence-electron chi connectivity index (χ1n) is 9.33. The zero-order valence-electron chi connectivity index (χ0n) is 15.3. The van der Waals surface area contributed by atoms with Crippen LogP contribution in [0.3, 0.4) is 0 Å². The Hall–Kier alpha value is -2.58. The zero-order valence-corrected chi connectivity index (χ0v) is 16.1. The molecule has 0 amide bonds. The highest BCUT2D eigenvalue weighted by molar-refractivity contribution is 6.09. The molecule has 1 N–H and O–H groups in total. The Morgan fingerprint density at radius 1 is 0.963 bits per heavy atom. The summed E-state index contributed by atoms with van der Waals surface area (Å²) in [7, 11) is 0. The van der Waals surface area contributed by atoms with Crippen LogP contribution in [0.2, 0.25) is 0 Å². The highest BCUT2D eigenvalue weighted by atomic mass is 35.5. The highest BCUT2D eigenvalue weighted by Crippen LogP contribution is 2.39. The van der Waals surface area contributed by atoms with Crippen LogP contribution in [-0.2, 0) is 12.8 Å². The van der Waals surface area contributed by atoms with Crippen molar-refractivity contribution < 1.29 is 5.11 Å². The lowest BCUT2D eigenvalue weighted by Gasteiger charge is -2.26. The molecule has 0 spiro atoms. The number of phenolic OH excluding ortho intramolecular Hbond substituents is 1. The third kappa shape index (κ3) is 2.94. The van der Waals surface area contributed by atoms with Gasteiger partial charge in [0.15, 0.2) is 0 Å². The lowest BCUT2D eigenvalue weighted by atomic mass is 9.80. The van der Waals surface area contributed by atoms with Crippen LogP contribution >= 0.6 is 12.4 Å². The Morgan fingerprint density at radius 3 is 2.67 bits per heavy atom. The Labute approximate surface area is 165 Å². The molecule has 4 aromatic rings. The molecule has 1 aromatic heterocycles. The average molecular weight is 376 g/mol. The molecule has 0 saturated carbocycles. The molecule has 136 valence electrons. The lowest BCUT2D eigenvalue weighted by Crippen LogP contribution is -2.14. The van der Waals surface area contributed by atoms with Crippen molar-refractivity contribution in [3.05, 3.63) is 71.8 Å². The van der Waals surface area contributed by atoms with E-state index < -0.39 is 0 Å². The molecule has 1 atom stereocenters. The van der Waals surface area contributed by atoms with Crippen LogP contribution in [0.5, 0.6) is 5.75 Å². The van der Waals surface area contributed by atoms with Crippen molar-refractivity contribution in [3.8, 4) is 17.0 Å². The molecule has 0 aliphatic heterocycles. The minimum absolute atomic E-state index is 0. The maximum absolute atomic E-state index is 9.95. The fourth-order valence-corrected chi connectivity index (χ4v) is 4.38. The molecule has 1 aliphatic carbocycles. The van der Waals surface area contributed by atoms with Crippen LogP contribution in [0.15, 0.2) is 60.7 Å². The summed E-state index contributed by atoms with van der Waals surface area (Å²) in [5, 5.41) is 13.8. The summed E-state index contributed by atoms with van der Waals surface area (Å²) < 4.78 is 0. The second-order valence-corrected chi connectivity index (χ2v) is 7.50. The van der Waals surface area contributed by atoms with Crippen LogP contribution < -0.4 is 0 Å². The number of aromatic hydroxyl groups is 1. The molecule has 0 saturated heterocycles. The number of hydrogen-bond acceptors (Lipinski definition) is 2. The first kappa shape index (κ1) is 17.8. The molecule has 3 heteroatoms. The van der Waals surface area contributed by atoms with Crippen molar-refractivity contribution >= 4 is 34.1 Å². The molecular weight excluding hydrogens is 354 g/mol. The van der Waals surface area contributed by atoms with E-state index in [2.05, 4.69) is 43.3 Å². The molecule has 1 unspecified atom stereocenters. The summed E-state index contributed by atoms with van der Waals surface area (Å²) in [5.74, 6) is 0.977. The van der Waals surface area contributed by atoms with Crippen LogP contribution in [0.1, 0.15) is 24.5 Å². The normalized spacial score (nSPS) is 16.1. The Bertz CT molecular complexity index is 1150. The van der Waals surface area contributed by atoms with E-state index in [4.69, 9.17) is 4.98 Å². The lowest BCUT2D eigenvalue weighted by molar-refractivity contribution is 0.475. The minimum Gasteiger partial charge on any atom is -0.508 e. The summed E-state index contributed by atoms with van der Waals surface area (Å²) in [4.78, 5) is 5.06. The summed E-state index contributed by atoms with van der Waals surface area (Å²) in [6.45, 7) is 2.34. The van der Waals surface area contributed by atoms with E-state index in [0.29, 0.717) is 11.7 Å². The summed E-state index contributed by atoms with van der Waals surface area (Å²) in [6, 6.07) is 20.4. The number of benzene rings is 3. The number of rotatable bonds is 1. The van der Waals surface area contributed by atoms with Gasteiger partial charge in [-0.1, -0.05) is 49.4 Å². The quantitative estimate of drug-likeness (QED) is 0.395. The van der Waals surface area contributed by atoms with Crippen LogP contribution in [-0.4, -0.2) is 10.1 Å². The van der Waals surface area contributed by atoms with Gasteiger partial charge in [0, 0.05) is 10.9 Å². The monoisotopic (exact) mass is 375 g/mol. The van der Waals surface area contributed by atoms with Gasteiger partial charge in [-0.2, -0.15) is 0 Å². The number of halogens is 1. The smallest absolute Gasteiger partial charge is 0.116 e. The first-order chi connectivity index (χ1) is 12.7. The number of nitrogens with zero attached hydrogens (tertiary/aromatic N) is 1. The molecule has 5 rings (SSSR count). The van der Waals surface area contributed by atoms with Gasteiger partial charge in [0.05, 0.1) is 11.2 Å². The van der Waals surface area contributed by atoms with Crippen molar-refractivity contribution in [2.45, 2.75) is 26.2 Å². The first-order valence-corrected chi connectivity index (χ1v) is 9.33. The van der Waals surface area contributed by atoms with Gasteiger partial charge in [0.25, 0.3) is 0 Å². The van der Waals surface area contributed by atoms with E-state index in [1.54, 1.807) is 6.07 Å². The second kappa shape index (κ2) is 6.86. The Balaban J connectivity index is 0.00000180. The van der Waals surface area contributed by atoms with Crippen molar-refractivity contribution in [2.75, 3.05) is 0 Å². The Morgan fingerprint density at radius 2 is 1.81 bits per heavy atom. The van der Waals surface area contributed by atoms with Gasteiger partial charge in [-0.25, -0.2) is 4.98 Å². The summed E-state index contributed by atoms with van der Waals surface area (Å²) in [5.41, 5.74) is 5.90. The highest BCUT2D eigenvalue weighted by Gasteiger charge is 2.23. The molecular formula is C24H22ClNO. The minimum atomic E-state index is 0. The number of hydrogen-bond donors (Lipinski definition) is 1. The van der Waals surface area contributed by atoms with Gasteiger partial charge in [0.2, 0.25) is 0 Å². The van der Waals surface area contributed by atoms with E-state index in [9.17, 15) is 5.11 Å². The summed E-state index contributed by atoms with van der Waals surface area (Å²) >= 11 is 0. The van der Waals surface area contributed by atoms with E-state index in [-0.39, 0.29) is 12.4 Å². The van der Waals surface area contributed by atoms with Crippen molar-refractivity contribution in [1.82, 2.24) is 4.98 Å². The molecule has 1 aliphatic rings. The van der Waals surface area contributed by atoms with E-state index in [1.165, 1.54) is 33.7 Å². The van der Waals surface area contributed by atoms with Gasteiger partial charge in [-0.15, -0.1) is 12.4 Å². The predicted molar refractivity (Wildman–Crippen MR) is 115 cm³/mol. The van der Waals surface area contributed by atoms with Gasteiger partial charge >= 0.3 is 0 Å². The van der Waals surface area contributed by atoms with Crippen LogP contribution in [0, 0.1) is 5.92 Å². The number of aromatic nitrogens is 1. The molecule has 2 nitrogen and oxygen atoms in total. The van der Waals surface area contributed by atoms with Gasteiger partial charge in [-0.05, 0) is 65.3 Å². The fourth-order valence-electron chi connectivity index (χ4n) is 4.38. The molecule has 0 fully saturated rings. The maximum atomic E-state index is 9.95. The van der Waals surface area contributed by atoms with Crippen LogP contribution in [0.25, 0.3) is 32.9 Å². The number of phenols is 1. The third-order valence-corrected chi connectivity index (χ3v) is 5.65. The average Bonchev–Trinajstić information content (AvgIpc) is 2.66. The SMILES string of the molecule is CC1CCc2c(-c3cccc(O)c3)nc3ccc4ccccc4c3c2C1.Cl. The standard InChI is InChI=1S/C24H21NO.ClH/c1-15-9-11-20-21(13-15)23-19-8-3-2-5-16(19)10-12-22(23)25-24(20)17-6-4-7-18(26)14-17;/h2-8,10,12,14-15,26H,9,11,13H2,1H3;1H. The zero-order chi connectivity index (χ0) is 17.7. The van der Waals surface area contributed by atoms with Crippen molar-refractivity contribution in [2.24, 2.45) is 5.92 Å². The van der Waals surface area contributed by atoms with E-state index in [0.717, 1.165) is 29.6 Å².